The molecule has 19 heavy (non-hydrogen) atoms. The molecule has 0 radical (unpaired) electrons. The van der Waals surface area contributed by atoms with E-state index in [1.807, 2.05) is 36.1 Å². The molecular formula is C14H18BrN3O. The van der Waals surface area contributed by atoms with Gasteiger partial charge in [0.25, 0.3) is 0 Å². The fourth-order valence-electron chi connectivity index (χ4n) is 2.01. The number of hydrogen-bond acceptors (Lipinski definition) is 3. The highest BCUT2D eigenvalue weighted by Gasteiger charge is 2.09. The first kappa shape index (κ1) is 14.1. The highest BCUT2D eigenvalue weighted by molar-refractivity contribution is 9.10. The van der Waals surface area contributed by atoms with Crippen molar-refractivity contribution in [2.75, 3.05) is 14.2 Å². The second kappa shape index (κ2) is 6.21. The van der Waals surface area contributed by atoms with Crippen molar-refractivity contribution in [3.05, 3.63) is 46.5 Å². The molecular weight excluding hydrogens is 306 g/mol. The van der Waals surface area contributed by atoms with Crippen LogP contribution in [0.3, 0.4) is 0 Å². The van der Waals surface area contributed by atoms with E-state index in [-0.39, 0.29) is 0 Å². The Morgan fingerprint density at radius 3 is 2.79 bits per heavy atom. The summed E-state index contributed by atoms with van der Waals surface area (Å²) in [6.07, 6.45) is 3.78. The third-order valence-electron chi connectivity index (χ3n) is 3.02. The third-order valence-corrected chi connectivity index (χ3v) is 3.51. The lowest BCUT2D eigenvalue weighted by Gasteiger charge is -2.18. The van der Waals surface area contributed by atoms with Crippen LogP contribution in [-0.2, 0) is 20.1 Å². The monoisotopic (exact) mass is 323 g/mol. The van der Waals surface area contributed by atoms with Crippen LogP contribution in [0.25, 0.3) is 0 Å². The topological polar surface area (TPSA) is 30.3 Å². The first-order valence-electron chi connectivity index (χ1n) is 6.07. The molecule has 0 saturated carbocycles. The van der Waals surface area contributed by atoms with Gasteiger partial charge in [0, 0.05) is 36.0 Å². The summed E-state index contributed by atoms with van der Waals surface area (Å²) in [6, 6.07) is 6.06. The van der Waals surface area contributed by atoms with Gasteiger partial charge in [-0.1, -0.05) is 15.9 Å². The normalized spacial score (nSPS) is 11.0. The molecule has 1 aromatic heterocycles. The number of rotatable bonds is 5. The van der Waals surface area contributed by atoms with Crippen molar-refractivity contribution in [3.63, 3.8) is 0 Å². The van der Waals surface area contributed by atoms with Crippen molar-refractivity contribution in [1.82, 2.24) is 14.5 Å². The maximum absolute atomic E-state index is 5.39. The molecule has 0 N–H and O–H groups in total. The van der Waals surface area contributed by atoms with E-state index in [2.05, 4.69) is 38.9 Å². The van der Waals surface area contributed by atoms with Gasteiger partial charge in [0.05, 0.1) is 13.7 Å². The molecule has 2 aromatic rings. The standard InChI is InChI=1S/C14H18BrN3O/c1-17(10-14-16-6-7-18(14)2)9-11-8-12(15)4-5-13(11)19-3/h4-8H,9-10H2,1-3H3. The van der Waals surface area contributed by atoms with Crippen molar-refractivity contribution in [1.29, 1.82) is 0 Å². The number of hydrogen-bond donors (Lipinski definition) is 0. The van der Waals surface area contributed by atoms with Crippen LogP contribution in [0, 0.1) is 0 Å². The van der Waals surface area contributed by atoms with E-state index < -0.39 is 0 Å². The van der Waals surface area contributed by atoms with Gasteiger partial charge in [0.1, 0.15) is 11.6 Å². The molecule has 1 heterocycles. The average Bonchev–Trinajstić information content (AvgIpc) is 2.75. The van der Waals surface area contributed by atoms with Crippen LogP contribution in [0.15, 0.2) is 35.1 Å². The zero-order valence-corrected chi connectivity index (χ0v) is 13.0. The van der Waals surface area contributed by atoms with Crippen LogP contribution < -0.4 is 4.74 Å². The van der Waals surface area contributed by atoms with Crippen molar-refractivity contribution < 1.29 is 4.74 Å². The quantitative estimate of drug-likeness (QED) is 0.847. The molecule has 0 amide bonds. The van der Waals surface area contributed by atoms with Gasteiger partial charge in [0.15, 0.2) is 0 Å². The van der Waals surface area contributed by atoms with Crippen molar-refractivity contribution >= 4 is 15.9 Å². The van der Waals surface area contributed by atoms with Gasteiger partial charge < -0.3 is 9.30 Å². The lowest BCUT2D eigenvalue weighted by molar-refractivity contribution is 0.299. The number of nitrogens with zero attached hydrogens (tertiary/aromatic N) is 3. The van der Waals surface area contributed by atoms with E-state index >= 15 is 0 Å². The van der Waals surface area contributed by atoms with Gasteiger partial charge in [-0.3, -0.25) is 4.90 Å². The molecule has 2 rings (SSSR count). The summed E-state index contributed by atoms with van der Waals surface area (Å²) in [7, 11) is 5.79. The number of methoxy groups -OCH3 is 1. The molecule has 1 aromatic carbocycles. The SMILES string of the molecule is COc1ccc(Br)cc1CN(C)Cc1nccn1C. The molecule has 0 aliphatic rings. The van der Waals surface area contributed by atoms with Crippen molar-refractivity contribution in [2.24, 2.45) is 7.05 Å². The van der Waals surface area contributed by atoms with Gasteiger partial charge in [-0.2, -0.15) is 0 Å². The zero-order chi connectivity index (χ0) is 13.8. The third kappa shape index (κ3) is 3.58. The Morgan fingerprint density at radius 2 is 2.16 bits per heavy atom. The Morgan fingerprint density at radius 1 is 1.37 bits per heavy atom. The first-order chi connectivity index (χ1) is 9.10. The number of halogens is 1. The van der Waals surface area contributed by atoms with E-state index in [0.29, 0.717) is 0 Å². The van der Waals surface area contributed by atoms with E-state index in [9.17, 15) is 0 Å². The summed E-state index contributed by atoms with van der Waals surface area (Å²) in [5.74, 6) is 1.96. The summed E-state index contributed by atoms with van der Waals surface area (Å²) in [5, 5.41) is 0. The smallest absolute Gasteiger partial charge is 0.123 e. The summed E-state index contributed by atoms with van der Waals surface area (Å²) in [4.78, 5) is 6.55. The minimum atomic E-state index is 0.805. The second-order valence-electron chi connectivity index (χ2n) is 4.58. The second-order valence-corrected chi connectivity index (χ2v) is 5.50. The molecule has 4 nitrogen and oxygen atoms in total. The molecule has 0 unspecified atom stereocenters. The molecule has 0 fully saturated rings. The van der Waals surface area contributed by atoms with Gasteiger partial charge in [-0.15, -0.1) is 0 Å². The maximum Gasteiger partial charge on any atom is 0.123 e. The Hall–Kier alpha value is -1.33. The van der Waals surface area contributed by atoms with E-state index in [4.69, 9.17) is 4.74 Å². The summed E-state index contributed by atoms with van der Waals surface area (Å²) < 4.78 is 8.49. The summed E-state index contributed by atoms with van der Waals surface area (Å²) in [6.45, 7) is 1.62. The summed E-state index contributed by atoms with van der Waals surface area (Å²) in [5.41, 5.74) is 1.16. The Bertz CT molecular complexity index is 553. The van der Waals surface area contributed by atoms with E-state index in [1.54, 1.807) is 7.11 Å². The summed E-state index contributed by atoms with van der Waals surface area (Å²) >= 11 is 3.50. The highest BCUT2D eigenvalue weighted by atomic mass is 79.9. The lowest BCUT2D eigenvalue weighted by Crippen LogP contribution is -2.19. The molecule has 0 bridgehead atoms. The van der Waals surface area contributed by atoms with Crippen LogP contribution in [0.4, 0.5) is 0 Å². The predicted molar refractivity (Wildman–Crippen MR) is 79.1 cm³/mol. The fourth-order valence-corrected chi connectivity index (χ4v) is 2.42. The first-order valence-corrected chi connectivity index (χ1v) is 6.86. The van der Waals surface area contributed by atoms with Crippen LogP contribution in [0.5, 0.6) is 5.75 Å². The number of imidazole rings is 1. The highest BCUT2D eigenvalue weighted by Crippen LogP contribution is 2.24. The number of aryl methyl sites for hydroxylation is 1. The minimum absolute atomic E-state index is 0.805. The van der Waals surface area contributed by atoms with Gasteiger partial charge in [0.2, 0.25) is 0 Å². The van der Waals surface area contributed by atoms with Crippen LogP contribution in [-0.4, -0.2) is 28.6 Å². The Kier molecular flexibility index (Phi) is 4.61. The van der Waals surface area contributed by atoms with E-state index in [0.717, 1.165) is 34.7 Å². The lowest BCUT2D eigenvalue weighted by atomic mass is 10.2. The van der Waals surface area contributed by atoms with Crippen molar-refractivity contribution in [3.8, 4) is 5.75 Å². The predicted octanol–water partition coefficient (Wildman–Crippen LogP) is 2.82. The maximum atomic E-state index is 5.39. The molecule has 0 aliphatic carbocycles. The Labute approximate surface area is 122 Å². The van der Waals surface area contributed by atoms with Gasteiger partial charge >= 0.3 is 0 Å². The van der Waals surface area contributed by atoms with Crippen LogP contribution in [0.1, 0.15) is 11.4 Å². The fraction of sp³-hybridized carbons (Fsp3) is 0.357. The van der Waals surface area contributed by atoms with Crippen molar-refractivity contribution in [2.45, 2.75) is 13.1 Å². The molecule has 0 saturated heterocycles. The molecule has 0 spiro atoms. The van der Waals surface area contributed by atoms with Gasteiger partial charge in [-0.05, 0) is 25.2 Å². The molecule has 5 heteroatoms. The number of aromatic nitrogens is 2. The van der Waals surface area contributed by atoms with Crippen LogP contribution >= 0.6 is 15.9 Å². The zero-order valence-electron chi connectivity index (χ0n) is 11.4. The number of benzene rings is 1. The molecule has 0 atom stereocenters. The molecule has 0 aliphatic heterocycles. The molecule has 102 valence electrons. The number of ether oxygens (including phenoxy) is 1. The van der Waals surface area contributed by atoms with Crippen LogP contribution in [0.2, 0.25) is 0 Å². The average molecular weight is 324 g/mol. The minimum Gasteiger partial charge on any atom is -0.496 e. The van der Waals surface area contributed by atoms with Gasteiger partial charge in [-0.25, -0.2) is 4.98 Å². The largest absolute Gasteiger partial charge is 0.496 e. The Balaban J connectivity index is 2.08. The van der Waals surface area contributed by atoms with E-state index in [1.165, 1.54) is 0 Å².